The van der Waals surface area contributed by atoms with Gasteiger partial charge in [-0.1, -0.05) is 6.07 Å². The lowest BCUT2D eigenvalue weighted by Gasteiger charge is -2.13. The van der Waals surface area contributed by atoms with Crippen LogP contribution in [0.15, 0.2) is 70.2 Å². The van der Waals surface area contributed by atoms with Crippen LogP contribution in [0.5, 0.6) is 5.75 Å². The maximum atomic E-state index is 12.6. The summed E-state index contributed by atoms with van der Waals surface area (Å²) in [6, 6.07) is 14.2. The Morgan fingerprint density at radius 3 is 2.44 bits per heavy atom. The molecule has 3 aromatic rings. The molecule has 2 aromatic carbocycles. The van der Waals surface area contributed by atoms with Crippen LogP contribution in [-0.4, -0.2) is 21.4 Å². The Labute approximate surface area is 157 Å². The highest BCUT2D eigenvalue weighted by Gasteiger charge is 2.17. The number of carbonyl (C=O) groups excluding carboxylic acids is 1. The quantitative estimate of drug-likeness (QED) is 0.674. The van der Waals surface area contributed by atoms with Crippen molar-refractivity contribution in [3.8, 4) is 5.75 Å². The van der Waals surface area contributed by atoms with E-state index in [0.29, 0.717) is 17.1 Å². The first-order valence-electron chi connectivity index (χ1n) is 8.01. The third-order valence-electron chi connectivity index (χ3n) is 3.77. The van der Waals surface area contributed by atoms with Gasteiger partial charge >= 0.3 is 0 Å². The van der Waals surface area contributed by atoms with Gasteiger partial charge in [-0.2, -0.15) is 0 Å². The van der Waals surface area contributed by atoms with Gasteiger partial charge in [-0.3, -0.25) is 9.52 Å². The Morgan fingerprint density at radius 1 is 1.07 bits per heavy atom. The molecule has 0 aliphatic heterocycles. The van der Waals surface area contributed by atoms with E-state index in [1.807, 2.05) is 13.0 Å². The smallest absolute Gasteiger partial charge is 0.291 e. The minimum atomic E-state index is -3.81. The molecule has 8 heteroatoms. The third kappa shape index (κ3) is 4.29. The van der Waals surface area contributed by atoms with Crippen molar-refractivity contribution in [3.63, 3.8) is 0 Å². The number of methoxy groups -OCH3 is 1. The summed E-state index contributed by atoms with van der Waals surface area (Å²) in [6.45, 7) is 1.85. The molecule has 2 N–H and O–H groups in total. The topological polar surface area (TPSA) is 97.6 Å². The van der Waals surface area contributed by atoms with Gasteiger partial charge in [0.05, 0.1) is 24.0 Å². The van der Waals surface area contributed by atoms with Gasteiger partial charge in [-0.05, 0) is 61.0 Å². The summed E-state index contributed by atoms with van der Waals surface area (Å²) in [4.78, 5) is 12.0. The molecule has 140 valence electrons. The van der Waals surface area contributed by atoms with Gasteiger partial charge < -0.3 is 14.5 Å². The summed E-state index contributed by atoms with van der Waals surface area (Å²) in [6.07, 6.45) is 1.40. The number of anilines is 2. The minimum absolute atomic E-state index is 0.0575. The number of hydrogen-bond acceptors (Lipinski definition) is 5. The summed E-state index contributed by atoms with van der Waals surface area (Å²) < 4.78 is 38.0. The van der Waals surface area contributed by atoms with Crippen LogP contribution in [0.3, 0.4) is 0 Å². The van der Waals surface area contributed by atoms with Crippen LogP contribution >= 0.6 is 0 Å². The van der Waals surface area contributed by atoms with Gasteiger partial charge in [0.25, 0.3) is 15.9 Å². The number of hydrogen-bond donors (Lipinski definition) is 2. The summed E-state index contributed by atoms with van der Waals surface area (Å²) in [5.74, 6) is 0.171. The van der Waals surface area contributed by atoms with E-state index >= 15 is 0 Å². The number of amides is 1. The van der Waals surface area contributed by atoms with Crippen LogP contribution in [0.4, 0.5) is 11.4 Å². The molecule has 7 nitrogen and oxygen atoms in total. The summed E-state index contributed by atoms with van der Waals surface area (Å²) in [5, 5.41) is 2.63. The van der Waals surface area contributed by atoms with Crippen molar-refractivity contribution < 1.29 is 22.4 Å². The second-order valence-corrected chi connectivity index (χ2v) is 7.45. The molecule has 0 radical (unpaired) electrons. The standard InChI is InChI=1S/C19H18N2O5S/c1-13-5-10-17(25-2)16(12-13)21-27(23,24)15-8-6-14(7-9-15)20-19(22)18-4-3-11-26-18/h3-12,21H,1-2H3,(H,20,22). The molecule has 0 fully saturated rings. The largest absolute Gasteiger partial charge is 0.495 e. The SMILES string of the molecule is COc1ccc(C)cc1NS(=O)(=O)c1ccc(NC(=O)c2ccco2)cc1. The van der Waals surface area contributed by atoms with Gasteiger partial charge in [-0.15, -0.1) is 0 Å². The number of ether oxygens (including phenoxy) is 1. The van der Waals surface area contributed by atoms with Gasteiger partial charge in [0, 0.05) is 5.69 Å². The number of rotatable bonds is 6. The highest BCUT2D eigenvalue weighted by atomic mass is 32.2. The number of sulfonamides is 1. The van der Waals surface area contributed by atoms with Gasteiger partial charge in [0.15, 0.2) is 5.76 Å². The zero-order chi connectivity index (χ0) is 19.4. The lowest BCUT2D eigenvalue weighted by atomic mass is 10.2. The van der Waals surface area contributed by atoms with E-state index in [1.165, 1.54) is 43.7 Å². The molecule has 0 spiro atoms. The second kappa shape index (κ2) is 7.55. The summed E-state index contributed by atoms with van der Waals surface area (Å²) >= 11 is 0. The molecule has 3 rings (SSSR count). The van der Waals surface area contributed by atoms with E-state index in [9.17, 15) is 13.2 Å². The molecular weight excluding hydrogens is 368 g/mol. The van der Waals surface area contributed by atoms with Gasteiger partial charge in [0.1, 0.15) is 5.75 Å². The van der Waals surface area contributed by atoms with Crippen LogP contribution in [-0.2, 0) is 10.0 Å². The van der Waals surface area contributed by atoms with E-state index in [4.69, 9.17) is 9.15 Å². The number of benzene rings is 2. The number of carbonyl (C=O) groups is 1. The van der Waals surface area contributed by atoms with Crippen LogP contribution in [0, 0.1) is 6.92 Å². The highest BCUT2D eigenvalue weighted by Crippen LogP contribution is 2.28. The van der Waals surface area contributed by atoms with E-state index in [-0.39, 0.29) is 10.7 Å². The molecule has 27 heavy (non-hydrogen) atoms. The molecule has 0 aliphatic rings. The fourth-order valence-electron chi connectivity index (χ4n) is 2.42. The van der Waals surface area contributed by atoms with Gasteiger partial charge in [-0.25, -0.2) is 8.42 Å². The summed E-state index contributed by atoms with van der Waals surface area (Å²) in [7, 11) is -2.34. The van der Waals surface area contributed by atoms with Crippen molar-refractivity contribution in [1.29, 1.82) is 0 Å². The zero-order valence-electron chi connectivity index (χ0n) is 14.7. The van der Waals surface area contributed by atoms with Crippen molar-refractivity contribution in [3.05, 3.63) is 72.2 Å². The molecular formula is C19H18N2O5S. The minimum Gasteiger partial charge on any atom is -0.495 e. The predicted molar refractivity (Wildman–Crippen MR) is 102 cm³/mol. The van der Waals surface area contributed by atoms with Gasteiger partial charge in [0.2, 0.25) is 0 Å². The Hall–Kier alpha value is -3.26. The van der Waals surface area contributed by atoms with Crippen LogP contribution in [0.2, 0.25) is 0 Å². The Kier molecular flexibility index (Phi) is 5.18. The fourth-order valence-corrected chi connectivity index (χ4v) is 3.48. The molecule has 0 bridgehead atoms. The predicted octanol–water partition coefficient (Wildman–Crippen LogP) is 3.65. The molecule has 0 saturated heterocycles. The maximum absolute atomic E-state index is 12.6. The van der Waals surface area contributed by atoms with Crippen LogP contribution < -0.4 is 14.8 Å². The average Bonchev–Trinajstić information content (AvgIpc) is 3.17. The number of furan rings is 1. The monoisotopic (exact) mass is 386 g/mol. The van der Waals surface area contributed by atoms with E-state index in [2.05, 4.69) is 10.0 Å². The van der Waals surface area contributed by atoms with Crippen LogP contribution in [0.25, 0.3) is 0 Å². The highest BCUT2D eigenvalue weighted by molar-refractivity contribution is 7.92. The van der Waals surface area contributed by atoms with E-state index < -0.39 is 15.9 Å². The molecule has 0 saturated carbocycles. The lowest BCUT2D eigenvalue weighted by Crippen LogP contribution is -2.14. The Balaban J connectivity index is 1.78. The third-order valence-corrected chi connectivity index (χ3v) is 5.15. The van der Waals surface area contributed by atoms with Crippen molar-refractivity contribution in [2.75, 3.05) is 17.1 Å². The van der Waals surface area contributed by atoms with Crippen molar-refractivity contribution in [1.82, 2.24) is 0 Å². The molecule has 1 heterocycles. The fraction of sp³-hybridized carbons (Fsp3) is 0.105. The number of nitrogens with one attached hydrogen (secondary N) is 2. The summed E-state index contributed by atoms with van der Waals surface area (Å²) in [5.41, 5.74) is 1.70. The van der Waals surface area contributed by atoms with E-state index in [0.717, 1.165) is 5.56 Å². The van der Waals surface area contributed by atoms with Crippen molar-refractivity contribution >= 4 is 27.3 Å². The first-order chi connectivity index (χ1) is 12.9. The zero-order valence-corrected chi connectivity index (χ0v) is 15.5. The van der Waals surface area contributed by atoms with Crippen LogP contribution in [0.1, 0.15) is 16.1 Å². The van der Waals surface area contributed by atoms with E-state index in [1.54, 1.807) is 18.2 Å². The maximum Gasteiger partial charge on any atom is 0.291 e. The van der Waals surface area contributed by atoms with Crippen molar-refractivity contribution in [2.24, 2.45) is 0 Å². The molecule has 0 atom stereocenters. The molecule has 1 aromatic heterocycles. The second-order valence-electron chi connectivity index (χ2n) is 5.77. The molecule has 0 aliphatic carbocycles. The first-order valence-corrected chi connectivity index (χ1v) is 9.50. The average molecular weight is 386 g/mol. The normalized spacial score (nSPS) is 11.0. The number of aryl methyl sites for hydroxylation is 1. The molecule has 1 amide bonds. The Bertz CT molecular complexity index is 1040. The Morgan fingerprint density at radius 2 is 1.81 bits per heavy atom. The first kappa shape index (κ1) is 18.5. The van der Waals surface area contributed by atoms with Crippen molar-refractivity contribution in [2.45, 2.75) is 11.8 Å². The lowest BCUT2D eigenvalue weighted by molar-refractivity contribution is 0.0996. The molecule has 0 unspecified atom stereocenters.